The van der Waals surface area contributed by atoms with Crippen molar-refractivity contribution in [3.8, 4) is 0 Å². The van der Waals surface area contributed by atoms with E-state index in [2.05, 4.69) is 25.7 Å². The molecule has 2 unspecified atom stereocenters. The van der Waals surface area contributed by atoms with E-state index in [1.54, 1.807) is 0 Å². The number of rotatable bonds is 11. The predicted octanol–water partition coefficient (Wildman–Crippen LogP) is 2.77. The van der Waals surface area contributed by atoms with Crippen molar-refractivity contribution >= 4 is 0 Å². The average molecular weight is 258 g/mol. The van der Waals surface area contributed by atoms with E-state index < -0.39 is 5.60 Å². The fourth-order valence-electron chi connectivity index (χ4n) is 2.09. The Morgan fingerprint density at radius 1 is 1.17 bits per heavy atom. The number of nitrogens with zero attached hydrogens (tertiary/aromatic N) is 1. The second kappa shape index (κ2) is 9.76. The van der Waals surface area contributed by atoms with Crippen LogP contribution < -0.4 is 5.73 Å². The van der Waals surface area contributed by atoms with E-state index in [4.69, 9.17) is 5.73 Å². The lowest BCUT2D eigenvalue weighted by Gasteiger charge is -2.29. The Kier molecular flexibility index (Phi) is 9.70. The summed E-state index contributed by atoms with van der Waals surface area (Å²) in [6.07, 6.45) is 6.78. The molecule has 0 aliphatic heterocycles. The molecule has 3 heteroatoms. The van der Waals surface area contributed by atoms with Crippen molar-refractivity contribution in [2.24, 2.45) is 5.73 Å². The molecular weight excluding hydrogens is 224 g/mol. The summed E-state index contributed by atoms with van der Waals surface area (Å²) in [6.45, 7) is 11.4. The van der Waals surface area contributed by atoms with E-state index in [0.29, 0.717) is 12.6 Å². The van der Waals surface area contributed by atoms with Crippen molar-refractivity contribution in [1.82, 2.24) is 4.90 Å². The Hall–Kier alpha value is -0.120. The fourth-order valence-corrected chi connectivity index (χ4v) is 2.09. The van der Waals surface area contributed by atoms with Crippen LogP contribution in [-0.2, 0) is 0 Å². The van der Waals surface area contributed by atoms with Crippen LogP contribution in [0.15, 0.2) is 0 Å². The van der Waals surface area contributed by atoms with Gasteiger partial charge in [-0.2, -0.15) is 0 Å². The predicted molar refractivity (Wildman–Crippen MR) is 79.8 cm³/mol. The lowest BCUT2D eigenvalue weighted by molar-refractivity contribution is 0.0558. The minimum Gasteiger partial charge on any atom is -0.389 e. The van der Waals surface area contributed by atoms with Crippen molar-refractivity contribution in [2.75, 3.05) is 19.6 Å². The Morgan fingerprint density at radius 3 is 2.28 bits per heavy atom. The minimum atomic E-state index is -0.676. The third-order valence-electron chi connectivity index (χ3n) is 3.86. The molecule has 0 amide bonds. The molecule has 0 spiro atoms. The van der Waals surface area contributed by atoms with Crippen LogP contribution in [0.4, 0.5) is 0 Å². The standard InChI is InChI=1S/C15H34N2O/c1-5-7-11-17(14(3)6-2)12-9-8-10-15(4,18)13-16/h14,18H,5-13,16H2,1-4H3. The van der Waals surface area contributed by atoms with Crippen LogP contribution in [0.5, 0.6) is 0 Å². The first kappa shape index (κ1) is 17.9. The van der Waals surface area contributed by atoms with Crippen LogP contribution in [-0.4, -0.2) is 41.3 Å². The molecule has 0 fully saturated rings. The second-order valence-corrected chi connectivity index (χ2v) is 5.80. The highest BCUT2D eigenvalue weighted by atomic mass is 16.3. The molecule has 0 aliphatic rings. The van der Waals surface area contributed by atoms with Gasteiger partial charge in [-0.05, 0) is 59.0 Å². The molecule has 3 N–H and O–H groups in total. The zero-order valence-corrected chi connectivity index (χ0v) is 12.9. The van der Waals surface area contributed by atoms with Gasteiger partial charge in [0.05, 0.1) is 5.60 Å². The summed E-state index contributed by atoms with van der Waals surface area (Å²) in [7, 11) is 0. The van der Waals surface area contributed by atoms with E-state index >= 15 is 0 Å². The van der Waals surface area contributed by atoms with Gasteiger partial charge in [-0.1, -0.05) is 20.3 Å². The molecule has 0 saturated carbocycles. The molecule has 0 aromatic heterocycles. The highest BCUT2D eigenvalue weighted by Crippen LogP contribution is 2.13. The summed E-state index contributed by atoms with van der Waals surface area (Å²) in [5.41, 5.74) is 4.85. The molecule has 0 aliphatic carbocycles. The molecule has 2 atom stereocenters. The molecule has 110 valence electrons. The summed E-state index contributed by atoms with van der Waals surface area (Å²) in [5, 5.41) is 9.85. The third kappa shape index (κ3) is 8.06. The maximum absolute atomic E-state index is 9.85. The maximum Gasteiger partial charge on any atom is 0.0741 e. The Bertz CT molecular complexity index is 195. The molecule has 3 nitrogen and oxygen atoms in total. The van der Waals surface area contributed by atoms with Gasteiger partial charge < -0.3 is 15.7 Å². The van der Waals surface area contributed by atoms with E-state index in [1.165, 1.54) is 25.8 Å². The van der Waals surface area contributed by atoms with Crippen molar-refractivity contribution in [2.45, 2.75) is 77.9 Å². The van der Waals surface area contributed by atoms with Crippen LogP contribution in [0.25, 0.3) is 0 Å². The van der Waals surface area contributed by atoms with Gasteiger partial charge >= 0.3 is 0 Å². The Balaban J connectivity index is 3.89. The minimum absolute atomic E-state index is 0.359. The first-order chi connectivity index (χ1) is 8.46. The molecule has 0 aromatic rings. The van der Waals surface area contributed by atoms with Crippen LogP contribution in [0.3, 0.4) is 0 Å². The second-order valence-electron chi connectivity index (χ2n) is 5.80. The van der Waals surface area contributed by atoms with E-state index in [-0.39, 0.29) is 0 Å². The van der Waals surface area contributed by atoms with Gasteiger partial charge in [-0.15, -0.1) is 0 Å². The van der Waals surface area contributed by atoms with Crippen molar-refractivity contribution in [1.29, 1.82) is 0 Å². The Morgan fingerprint density at radius 2 is 1.78 bits per heavy atom. The number of nitrogens with two attached hydrogens (primary N) is 1. The van der Waals surface area contributed by atoms with E-state index in [9.17, 15) is 5.11 Å². The van der Waals surface area contributed by atoms with Crippen LogP contribution in [0, 0.1) is 0 Å². The molecule has 0 saturated heterocycles. The van der Waals surface area contributed by atoms with Gasteiger partial charge in [0.1, 0.15) is 0 Å². The van der Waals surface area contributed by atoms with Crippen molar-refractivity contribution in [3.63, 3.8) is 0 Å². The topological polar surface area (TPSA) is 49.5 Å². The summed E-state index contributed by atoms with van der Waals surface area (Å²) in [6, 6.07) is 0.673. The lowest BCUT2D eigenvalue weighted by atomic mass is 9.99. The zero-order chi connectivity index (χ0) is 14.0. The van der Waals surface area contributed by atoms with Gasteiger partial charge in [0.25, 0.3) is 0 Å². The Labute approximate surface area is 114 Å². The van der Waals surface area contributed by atoms with E-state index in [1.807, 2.05) is 6.92 Å². The number of hydrogen-bond acceptors (Lipinski definition) is 3. The van der Waals surface area contributed by atoms with Gasteiger partial charge in [0, 0.05) is 12.6 Å². The van der Waals surface area contributed by atoms with Gasteiger partial charge in [0.2, 0.25) is 0 Å². The summed E-state index contributed by atoms with van der Waals surface area (Å²) < 4.78 is 0. The highest BCUT2D eigenvalue weighted by Gasteiger charge is 2.17. The average Bonchev–Trinajstić information content (AvgIpc) is 2.37. The lowest BCUT2D eigenvalue weighted by Crippen LogP contribution is -2.36. The van der Waals surface area contributed by atoms with Crippen molar-refractivity contribution < 1.29 is 5.11 Å². The SMILES string of the molecule is CCCCN(CCCCC(C)(O)CN)C(C)CC. The molecule has 0 heterocycles. The zero-order valence-electron chi connectivity index (χ0n) is 12.9. The van der Waals surface area contributed by atoms with Gasteiger partial charge in [-0.25, -0.2) is 0 Å². The molecular formula is C15H34N2O. The van der Waals surface area contributed by atoms with E-state index in [0.717, 1.165) is 25.8 Å². The molecule has 18 heavy (non-hydrogen) atoms. The third-order valence-corrected chi connectivity index (χ3v) is 3.86. The van der Waals surface area contributed by atoms with Crippen LogP contribution in [0.2, 0.25) is 0 Å². The van der Waals surface area contributed by atoms with Gasteiger partial charge in [0.15, 0.2) is 0 Å². The molecule has 0 aromatic carbocycles. The smallest absolute Gasteiger partial charge is 0.0741 e. The fraction of sp³-hybridized carbons (Fsp3) is 1.00. The van der Waals surface area contributed by atoms with Crippen molar-refractivity contribution in [3.05, 3.63) is 0 Å². The number of hydrogen-bond donors (Lipinski definition) is 2. The summed E-state index contributed by atoms with van der Waals surface area (Å²) in [5.74, 6) is 0. The quantitative estimate of drug-likeness (QED) is 0.560. The first-order valence-electron chi connectivity index (χ1n) is 7.63. The largest absolute Gasteiger partial charge is 0.389 e. The summed E-state index contributed by atoms with van der Waals surface area (Å²) >= 11 is 0. The molecule has 0 rings (SSSR count). The van der Waals surface area contributed by atoms with Crippen LogP contribution in [0.1, 0.15) is 66.2 Å². The normalized spacial score (nSPS) is 16.8. The monoisotopic (exact) mass is 258 g/mol. The number of aliphatic hydroxyl groups is 1. The maximum atomic E-state index is 9.85. The first-order valence-corrected chi connectivity index (χ1v) is 7.63. The summed E-state index contributed by atoms with van der Waals surface area (Å²) in [4.78, 5) is 2.58. The van der Waals surface area contributed by atoms with Crippen LogP contribution >= 0.6 is 0 Å². The highest BCUT2D eigenvalue weighted by molar-refractivity contribution is 4.73. The molecule has 0 radical (unpaired) electrons. The number of unbranched alkanes of at least 4 members (excludes halogenated alkanes) is 2. The molecule has 0 bridgehead atoms. The van der Waals surface area contributed by atoms with Gasteiger partial charge in [-0.3, -0.25) is 0 Å².